The first-order chi connectivity index (χ1) is 15.2. The second-order valence-electron chi connectivity index (χ2n) is 8.31. The van der Waals surface area contributed by atoms with Crippen LogP contribution < -0.4 is 15.4 Å². The Labute approximate surface area is 179 Å². The van der Waals surface area contributed by atoms with Gasteiger partial charge in [-0.05, 0) is 46.0 Å². The van der Waals surface area contributed by atoms with E-state index in [9.17, 15) is 4.79 Å². The van der Waals surface area contributed by atoms with E-state index in [0.29, 0.717) is 13.2 Å². The number of amides is 2. The molecule has 2 atom stereocenters. The average Bonchev–Trinajstić information content (AvgIpc) is 3.47. The van der Waals surface area contributed by atoms with Crippen molar-refractivity contribution < 1.29 is 9.53 Å². The summed E-state index contributed by atoms with van der Waals surface area (Å²) >= 11 is 0. The Morgan fingerprint density at radius 1 is 1.16 bits per heavy atom. The van der Waals surface area contributed by atoms with E-state index < -0.39 is 6.03 Å². The minimum Gasteiger partial charge on any atom is -0.493 e. The van der Waals surface area contributed by atoms with Gasteiger partial charge in [-0.25, -0.2) is 9.78 Å². The fourth-order valence-electron chi connectivity index (χ4n) is 5.06. The molecule has 2 aliphatic rings. The molecule has 3 heterocycles. The number of imidazole rings is 1. The SMILES string of the molecule is NC(=O)N1CC(c2ccc3c(c2)CC(c2cnc[nH]2)CO3)c2c1ccc1ccccc21. The number of ether oxygens (including phenoxy) is 1. The van der Waals surface area contributed by atoms with Crippen molar-refractivity contribution in [1.82, 2.24) is 9.97 Å². The molecular weight excluding hydrogens is 388 g/mol. The molecule has 154 valence electrons. The smallest absolute Gasteiger partial charge is 0.319 e. The number of aromatic nitrogens is 2. The Balaban J connectivity index is 1.44. The lowest BCUT2D eigenvalue weighted by Crippen LogP contribution is -2.34. The molecule has 4 aromatic rings. The normalized spacial score (nSPS) is 19.7. The number of rotatable bonds is 2. The fourth-order valence-corrected chi connectivity index (χ4v) is 5.06. The summed E-state index contributed by atoms with van der Waals surface area (Å²) in [6, 6.07) is 18.4. The molecular formula is C25H22N4O2. The van der Waals surface area contributed by atoms with E-state index in [0.717, 1.165) is 34.3 Å². The summed E-state index contributed by atoms with van der Waals surface area (Å²) in [5.74, 6) is 1.25. The highest BCUT2D eigenvalue weighted by Crippen LogP contribution is 2.45. The first-order valence-electron chi connectivity index (χ1n) is 10.5. The van der Waals surface area contributed by atoms with Gasteiger partial charge in [-0.1, -0.05) is 42.5 Å². The summed E-state index contributed by atoms with van der Waals surface area (Å²) in [7, 11) is 0. The summed E-state index contributed by atoms with van der Waals surface area (Å²) in [4.78, 5) is 21.3. The first-order valence-corrected chi connectivity index (χ1v) is 10.5. The van der Waals surface area contributed by atoms with Crippen molar-refractivity contribution in [2.75, 3.05) is 18.1 Å². The Morgan fingerprint density at radius 3 is 2.90 bits per heavy atom. The molecule has 6 nitrogen and oxygen atoms in total. The van der Waals surface area contributed by atoms with Gasteiger partial charge in [0, 0.05) is 36.0 Å². The highest BCUT2D eigenvalue weighted by molar-refractivity contribution is 6.00. The number of carbonyl (C=O) groups is 1. The van der Waals surface area contributed by atoms with Crippen LogP contribution in [-0.2, 0) is 6.42 Å². The lowest BCUT2D eigenvalue weighted by atomic mass is 9.86. The van der Waals surface area contributed by atoms with Gasteiger partial charge in [0.1, 0.15) is 5.75 Å². The van der Waals surface area contributed by atoms with Crippen LogP contribution in [0.2, 0.25) is 0 Å². The molecule has 2 amide bonds. The molecule has 1 aromatic heterocycles. The largest absolute Gasteiger partial charge is 0.493 e. The minimum absolute atomic E-state index is 0.0615. The van der Waals surface area contributed by atoms with E-state index in [2.05, 4.69) is 46.4 Å². The number of carbonyl (C=O) groups excluding carboxylic acids is 1. The van der Waals surface area contributed by atoms with E-state index >= 15 is 0 Å². The predicted molar refractivity (Wildman–Crippen MR) is 120 cm³/mol. The number of benzene rings is 3. The Bertz CT molecular complexity index is 1300. The topological polar surface area (TPSA) is 84.2 Å². The zero-order valence-corrected chi connectivity index (χ0v) is 16.9. The van der Waals surface area contributed by atoms with Gasteiger partial charge in [-0.3, -0.25) is 4.90 Å². The van der Waals surface area contributed by atoms with E-state index in [4.69, 9.17) is 10.5 Å². The summed E-state index contributed by atoms with van der Waals surface area (Å²) in [6.45, 7) is 1.18. The molecule has 2 aliphatic heterocycles. The van der Waals surface area contributed by atoms with Crippen LogP contribution in [0.25, 0.3) is 10.8 Å². The number of aromatic amines is 1. The summed E-state index contributed by atoms with van der Waals surface area (Å²) < 4.78 is 6.04. The molecule has 3 aromatic carbocycles. The monoisotopic (exact) mass is 410 g/mol. The van der Waals surface area contributed by atoms with E-state index in [1.54, 1.807) is 11.2 Å². The zero-order valence-electron chi connectivity index (χ0n) is 16.9. The Morgan fingerprint density at radius 2 is 2.06 bits per heavy atom. The maximum Gasteiger partial charge on any atom is 0.319 e. The number of urea groups is 1. The predicted octanol–water partition coefficient (Wildman–Crippen LogP) is 4.31. The van der Waals surface area contributed by atoms with Crippen LogP contribution in [0.3, 0.4) is 0 Å². The van der Waals surface area contributed by atoms with Crippen molar-refractivity contribution in [3.63, 3.8) is 0 Å². The van der Waals surface area contributed by atoms with Gasteiger partial charge in [0.2, 0.25) is 0 Å². The molecule has 6 rings (SSSR count). The molecule has 0 fully saturated rings. The third-order valence-corrected chi connectivity index (χ3v) is 6.57. The molecule has 0 spiro atoms. The van der Waals surface area contributed by atoms with Crippen LogP contribution in [0, 0.1) is 0 Å². The van der Waals surface area contributed by atoms with Crippen molar-refractivity contribution in [1.29, 1.82) is 0 Å². The van der Waals surface area contributed by atoms with Crippen molar-refractivity contribution in [2.45, 2.75) is 18.3 Å². The lowest BCUT2D eigenvalue weighted by molar-refractivity contribution is 0.254. The number of hydrogen-bond acceptors (Lipinski definition) is 3. The Hall–Kier alpha value is -3.80. The van der Waals surface area contributed by atoms with Crippen LogP contribution in [0.5, 0.6) is 5.75 Å². The van der Waals surface area contributed by atoms with E-state index in [1.165, 1.54) is 16.7 Å². The van der Waals surface area contributed by atoms with E-state index in [1.807, 2.05) is 24.4 Å². The first kappa shape index (κ1) is 18.0. The zero-order chi connectivity index (χ0) is 20.9. The second kappa shape index (κ2) is 6.87. The number of primary amides is 1. The molecule has 0 radical (unpaired) electrons. The highest BCUT2D eigenvalue weighted by atomic mass is 16.5. The van der Waals surface area contributed by atoms with Gasteiger partial charge in [0.25, 0.3) is 0 Å². The third kappa shape index (κ3) is 2.86. The van der Waals surface area contributed by atoms with Gasteiger partial charge in [0.15, 0.2) is 0 Å². The number of fused-ring (bicyclic) bond motifs is 4. The average molecular weight is 410 g/mol. The van der Waals surface area contributed by atoms with E-state index in [-0.39, 0.29) is 11.8 Å². The maximum absolute atomic E-state index is 12.2. The number of nitrogens with two attached hydrogens (primary N) is 1. The van der Waals surface area contributed by atoms with Crippen LogP contribution >= 0.6 is 0 Å². The molecule has 0 saturated carbocycles. The maximum atomic E-state index is 12.2. The minimum atomic E-state index is -0.417. The van der Waals surface area contributed by atoms with Crippen LogP contribution in [-0.4, -0.2) is 29.2 Å². The number of hydrogen-bond donors (Lipinski definition) is 2. The number of nitrogens with zero attached hydrogens (tertiary/aromatic N) is 2. The standard InChI is InChI=1S/C25H22N4O2/c26-25(30)29-12-20(24-19-4-2-1-3-15(19)5-7-22(24)29)16-6-8-23-17(9-16)10-18(13-31-23)21-11-27-14-28-21/h1-9,11,14,18,20H,10,12-13H2,(H2,26,30)(H,27,28). The number of anilines is 1. The third-order valence-electron chi connectivity index (χ3n) is 6.57. The number of nitrogens with one attached hydrogen (secondary N) is 1. The van der Waals surface area contributed by atoms with Crippen molar-refractivity contribution in [3.05, 3.63) is 89.5 Å². The lowest BCUT2D eigenvalue weighted by Gasteiger charge is -2.26. The summed E-state index contributed by atoms with van der Waals surface area (Å²) in [5, 5.41) is 2.33. The van der Waals surface area contributed by atoms with Crippen LogP contribution in [0.4, 0.5) is 10.5 Å². The molecule has 0 bridgehead atoms. The fraction of sp³-hybridized carbons (Fsp3) is 0.200. The van der Waals surface area contributed by atoms with Crippen LogP contribution in [0.1, 0.15) is 34.2 Å². The van der Waals surface area contributed by atoms with Crippen molar-refractivity contribution in [2.24, 2.45) is 5.73 Å². The van der Waals surface area contributed by atoms with Crippen molar-refractivity contribution >= 4 is 22.5 Å². The van der Waals surface area contributed by atoms with Gasteiger partial charge < -0.3 is 15.5 Å². The second-order valence-corrected chi connectivity index (χ2v) is 8.31. The van der Waals surface area contributed by atoms with Crippen molar-refractivity contribution in [3.8, 4) is 5.75 Å². The van der Waals surface area contributed by atoms with Gasteiger partial charge >= 0.3 is 6.03 Å². The molecule has 31 heavy (non-hydrogen) atoms. The molecule has 2 unspecified atom stereocenters. The molecule has 3 N–H and O–H groups in total. The van der Waals surface area contributed by atoms with Gasteiger partial charge in [-0.15, -0.1) is 0 Å². The van der Waals surface area contributed by atoms with Gasteiger partial charge in [-0.2, -0.15) is 0 Å². The number of H-pyrrole nitrogens is 1. The van der Waals surface area contributed by atoms with Crippen LogP contribution in [0.15, 0.2) is 67.1 Å². The van der Waals surface area contributed by atoms with Gasteiger partial charge in [0.05, 0.1) is 12.9 Å². The summed E-state index contributed by atoms with van der Waals surface area (Å²) in [5.41, 5.74) is 11.3. The molecule has 0 aliphatic carbocycles. The quantitative estimate of drug-likeness (QED) is 0.516. The Kier molecular flexibility index (Phi) is 3.99. The summed E-state index contributed by atoms with van der Waals surface area (Å²) in [6.07, 6.45) is 4.47. The highest BCUT2D eigenvalue weighted by Gasteiger charge is 2.34. The molecule has 6 heteroatoms. The molecule has 0 saturated heterocycles.